The van der Waals surface area contributed by atoms with Crippen LogP contribution in [0.1, 0.15) is 18.2 Å². The maximum Gasteiger partial charge on any atom is 0.245 e. The predicted molar refractivity (Wildman–Crippen MR) is 83.1 cm³/mol. The monoisotopic (exact) mass is 335 g/mol. The van der Waals surface area contributed by atoms with Crippen LogP contribution in [0.25, 0.3) is 11.0 Å². The average Bonchev–Trinajstić information content (AvgIpc) is 3.13. The molecule has 8 nitrogen and oxygen atoms in total. The Morgan fingerprint density at radius 1 is 1.30 bits per heavy atom. The fourth-order valence-corrected chi connectivity index (χ4v) is 3.64. The molecular weight excluding hydrogens is 318 g/mol. The summed E-state index contributed by atoms with van der Waals surface area (Å²) in [5, 5.41) is 11.7. The summed E-state index contributed by atoms with van der Waals surface area (Å²) < 4.78 is 33.4. The summed E-state index contributed by atoms with van der Waals surface area (Å²) >= 11 is 0. The standard InChI is InChI=1S/C14H17N5O3S/c1-4-19-9-11(10(2)15-19)8-18(3)23(20,21)13-7-5-6-12-14(13)17-22-16-12/h5-7,9H,4,8H2,1-3H3. The van der Waals surface area contributed by atoms with Gasteiger partial charge in [0.2, 0.25) is 10.0 Å². The number of nitrogens with zero attached hydrogens (tertiary/aromatic N) is 5. The van der Waals surface area contributed by atoms with Gasteiger partial charge in [0.05, 0.1) is 5.69 Å². The van der Waals surface area contributed by atoms with Gasteiger partial charge in [-0.15, -0.1) is 0 Å². The Kier molecular flexibility index (Phi) is 3.90. The molecule has 0 amide bonds. The molecule has 0 saturated heterocycles. The van der Waals surface area contributed by atoms with Crippen LogP contribution in [0.2, 0.25) is 0 Å². The fraction of sp³-hybridized carbons (Fsp3) is 0.357. The third kappa shape index (κ3) is 2.73. The summed E-state index contributed by atoms with van der Waals surface area (Å²) in [5.41, 5.74) is 2.33. The first-order valence-electron chi connectivity index (χ1n) is 7.14. The molecule has 0 aliphatic rings. The van der Waals surface area contributed by atoms with E-state index in [0.717, 1.165) is 17.8 Å². The van der Waals surface area contributed by atoms with Gasteiger partial charge in [0.15, 0.2) is 5.52 Å². The lowest BCUT2D eigenvalue weighted by molar-refractivity contribution is 0.315. The van der Waals surface area contributed by atoms with Crippen LogP contribution in [0.4, 0.5) is 0 Å². The average molecular weight is 335 g/mol. The van der Waals surface area contributed by atoms with Crippen LogP contribution < -0.4 is 0 Å². The lowest BCUT2D eigenvalue weighted by atomic mass is 10.3. The normalized spacial score (nSPS) is 12.3. The number of sulfonamides is 1. The van der Waals surface area contributed by atoms with E-state index in [1.54, 1.807) is 16.8 Å². The van der Waals surface area contributed by atoms with Crippen molar-refractivity contribution in [2.45, 2.75) is 31.8 Å². The molecular formula is C14H17N5O3S. The zero-order chi connectivity index (χ0) is 16.6. The van der Waals surface area contributed by atoms with Gasteiger partial charge < -0.3 is 0 Å². The van der Waals surface area contributed by atoms with Crippen LogP contribution >= 0.6 is 0 Å². The molecule has 3 rings (SSSR count). The zero-order valence-electron chi connectivity index (χ0n) is 13.1. The highest BCUT2D eigenvalue weighted by molar-refractivity contribution is 7.89. The highest BCUT2D eigenvalue weighted by Crippen LogP contribution is 2.24. The van der Waals surface area contributed by atoms with Crippen molar-refractivity contribution in [2.75, 3.05) is 7.05 Å². The van der Waals surface area contributed by atoms with Gasteiger partial charge >= 0.3 is 0 Å². The molecule has 0 fully saturated rings. The summed E-state index contributed by atoms with van der Waals surface area (Å²) in [6.07, 6.45) is 1.86. The zero-order valence-corrected chi connectivity index (χ0v) is 13.9. The van der Waals surface area contributed by atoms with Crippen molar-refractivity contribution in [3.8, 4) is 0 Å². The van der Waals surface area contributed by atoms with Gasteiger partial charge in [0.1, 0.15) is 10.4 Å². The molecule has 0 atom stereocenters. The molecule has 0 aliphatic carbocycles. The number of rotatable bonds is 5. The van der Waals surface area contributed by atoms with Gasteiger partial charge in [-0.3, -0.25) is 4.68 Å². The second-order valence-electron chi connectivity index (χ2n) is 5.24. The minimum Gasteiger partial charge on any atom is -0.272 e. The molecule has 2 heterocycles. The van der Waals surface area contributed by atoms with Crippen LogP contribution in [0.5, 0.6) is 0 Å². The highest BCUT2D eigenvalue weighted by atomic mass is 32.2. The van der Waals surface area contributed by atoms with E-state index < -0.39 is 10.0 Å². The van der Waals surface area contributed by atoms with Gasteiger partial charge in [0, 0.05) is 31.9 Å². The Morgan fingerprint density at radius 2 is 2.09 bits per heavy atom. The van der Waals surface area contributed by atoms with Crippen molar-refractivity contribution in [1.82, 2.24) is 24.4 Å². The molecule has 0 radical (unpaired) electrons. The first kappa shape index (κ1) is 15.6. The third-order valence-electron chi connectivity index (χ3n) is 3.70. The molecule has 122 valence electrons. The van der Waals surface area contributed by atoms with Crippen molar-refractivity contribution in [3.05, 3.63) is 35.7 Å². The van der Waals surface area contributed by atoms with Crippen molar-refractivity contribution in [1.29, 1.82) is 0 Å². The van der Waals surface area contributed by atoms with E-state index in [1.807, 2.05) is 20.0 Å². The molecule has 0 unspecified atom stereocenters. The first-order chi connectivity index (χ1) is 10.9. The number of aromatic nitrogens is 4. The second-order valence-corrected chi connectivity index (χ2v) is 7.26. The van der Waals surface area contributed by atoms with Crippen molar-refractivity contribution < 1.29 is 13.0 Å². The fourth-order valence-electron chi connectivity index (χ4n) is 2.36. The van der Waals surface area contributed by atoms with E-state index in [0.29, 0.717) is 5.52 Å². The Hall–Kier alpha value is -2.26. The smallest absolute Gasteiger partial charge is 0.245 e. The van der Waals surface area contributed by atoms with Gasteiger partial charge in [-0.2, -0.15) is 9.40 Å². The van der Waals surface area contributed by atoms with E-state index in [4.69, 9.17) is 0 Å². The molecule has 0 aliphatic heterocycles. The molecule has 0 spiro atoms. The SMILES string of the molecule is CCn1cc(CN(C)S(=O)(=O)c2cccc3nonc23)c(C)n1. The van der Waals surface area contributed by atoms with Crippen molar-refractivity contribution in [3.63, 3.8) is 0 Å². The van der Waals surface area contributed by atoms with E-state index in [-0.39, 0.29) is 17.0 Å². The Labute approximate surface area is 133 Å². The van der Waals surface area contributed by atoms with Crippen LogP contribution in [-0.4, -0.2) is 39.9 Å². The minimum absolute atomic E-state index is 0.0827. The number of aryl methyl sites for hydroxylation is 2. The lowest BCUT2D eigenvalue weighted by Crippen LogP contribution is -2.26. The van der Waals surface area contributed by atoms with Crippen molar-refractivity contribution in [2.24, 2.45) is 0 Å². The van der Waals surface area contributed by atoms with Crippen molar-refractivity contribution >= 4 is 21.1 Å². The molecule has 0 bridgehead atoms. The summed E-state index contributed by atoms with van der Waals surface area (Å²) in [4.78, 5) is 0.0827. The molecule has 0 N–H and O–H groups in total. The van der Waals surface area contributed by atoms with E-state index in [2.05, 4.69) is 20.0 Å². The van der Waals surface area contributed by atoms with Gasteiger partial charge in [-0.05, 0) is 36.3 Å². The molecule has 3 aromatic rings. The van der Waals surface area contributed by atoms with E-state index in [1.165, 1.54) is 17.4 Å². The summed E-state index contributed by atoms with van der Waals surface area (Å²) in [7, 11) is -2.18. The van der Waals surface area contributed by atoms with Gasteiger partial charge in [-0.25, -0.2) is 13.0 Å². The summed E-state index contributed by atoms with van der Waals surface area (Å²) in [5.74, 6) is 0. The summed E-state index contributed by atoms with van der Waals surface area (Å²) in [6.45, 7) is 4.82. The highest BCUT2D eigenvalue weighted by Gasteiger charge is 2.26. The predicted octanol–water partition coefficient (Wildman–Crippen LogP) is 1.57. The topological polar surface area (TPSA) is 94.1 Å². The Bertz CT molecular complexity index is 944. The van der Waals surface area contributed by atoms with Gasteiger partial charge in [0.25, 0.3) is 0 Å². The molecule has 23 heavy (non-hydrogen) atoms. The molecule has 1 aromatic carbocycles. The van der Waals surface area contributed by atoms with Crippen LogP contribution in [0, 0.1) is 6.92 Å². The molecule has 2 aromatic heterocycles. The number of hydrogen-bond acceptors (Lipinski definition) is 6. The number of benzene rings is 1. The maximum atomic E-state index is 12.8. The third-order valence-corrected chi connectivity index (χ3v) is 5.54. The van der Waals surface area contributed by atoms with Gasteiger partial charge in [-0.1, -0.05) is 6.07 Å². The quantitative estimate of drug-likeness (QED) is 0.702. The summed E-state index contributed by atoms with van der Waals surface area (Å²) in [6, 6.07) is 4.77. The van der Waals surface area contributed by atoms with Crippen LogP contribution in [0.15, 0.2) is 33.9 Å². The maximum absolute atomic E-state index is 12.8. The number of hydrogen-bond donors (Lipinski definition) is 0. The second kappa shape index (κ2) is 5.74. The van der Waals surface area contributed by atoms with E-state index >= 15 is 0 Å². The molecule has 0 saturated carbocycles. The van der Waals surface area contributed by atoms with Crippen LogP contribution in [0.3, 0.4) is 0 Å². The van der Waals surface area contributed by atoms with Crippen LogP contribution in [-0.2, 0) is 23.1 Å². The lowest BCUT2D eigenvalue weighted by Gasteiger charge is -2.16. The van der Waals surface area contributed by atoms with E-state index in [9.17, 15) is 8.42 Å². The first-order valence-corrected chi connectivity index (χ1v) is 8.58. The Morgan fingerprint density at radius 3 is 2.78 bits per heavy atom. The molecule has 9 heteroatoms. The minimum atomic E-state index is -3.71. The number of fused-ring (bicyclic) bond motifs is 1. The Balaban J connectivity index is 1.95. The largest absolute Gasteiger partial charge is 0.272 e.